The summed E-state index contributed by atoms with van der Waals surface area (Å²) in [7, 11) is 0. The molecule has 1 saturated heterocycles. The minimum absolute atomic E-state index is 0.166. The summed E-state index contributed by atoms with van der Waals surface area (Å²) in [6, 6.07) is 8.07. The zero-order chi connectivity index (χ0) is 14.9. The third-order valence-corrected chi connectivity index (χ3v) is 4.63. The fourth-order valence-electron chi connectivity index (χ4n) is 3.41. The summed E-state index contributed by atoms with van der Waals surface area (Å²) in [4.78, 5) is 24.3. The second-order valence-electron chi connectivity index (χ2n) is 6.01. The Balaban J connectivity index is 1.76. The highest BCUT2D eigenvalue weighted by Gasteiger charge is 2.45. The van der Waals surface area contributed by atoms with Gasteiger partial charge in [0, 0.05) is 0 Å². The Hall–Kier alpha value is -1.94. The van der Waals surface area contributed by atoms with Crippen molar-refractivity contribution in [3.63, 3.8) is 0 Å². The number of rotatable bonds is 2. The third-order valence-electron chi connectivity index (χ3n) is 4.63. The molecule has 0 radical (unpaired) electrons. The molecule has 4 heteroatoms. The summed E-state index contributed by atoms with van der Waals surface area (Å²) < 4.78 is -0.381. The largest absolute Gasteiger partial charge is 0.521 e. The minimum Gasteiger partial charge on any atom is -0.435 e. The van der Waals surface area contributed by atoms with Crippen molar-refractivity contribution in [3.05, 3.63) is 41.0 Å². The summed E-state index contributed by atoms with van der Waals surface area (Å²) in [5.41, 5.74) is 3.41. The molecule has 0 atom stereocenters. The van der Waals surface area contributed by atoms with E-state index in [-0.39, 0.29) is 16.8 Å². The molecule has 1 heterocycles. The van der Waals surface area contributed by atoms with E-state index in [2.05, 4.69) is 6.07 Å². The van der Waals surface area contributed by atoms with E-state index in [1.165, 1.54) is 5.56 Å². The van der Waals surface area contributed by atoms with Gasteiger partial charge in [0.1, 0.15) is 0 Å². The molecule has 0 bridgehead atoms. The molecule has 1 aromatic rings. The first kappa shape index (κ1) is 14.0. The lowest BCUT2D eigenvalue weighted by atomic mass is 10.0. The van der Waals surface area contributed by atoms with Gasteiger partial charge in [-0.3, -0.25) is 0 Å². The van der Waals surface area contributed by atoms with Crippen LogP contribution in [0, 0.1) is 0 Å². The number of piperidine rings is 1. The summed E-state index contributed by atoms with van der Waals surface area (Å²) in [5, 5.41) is 9.54. The standard InChI is InChI=1S/C17H19NO3/c19-16(18(17(20)21)8-4-1-5-9-18)12-13-10-14-6-2-3-7-15(14)11-13/h2-3,6-7,10H,1,4-5,8-9,11-12H2/p+1. The lowest BCUT2D eigenvalue weighted by Crippen LogP contribution is -2.59. The number of imide groups is 1. The Morgan fingerprint density at radius 1 is 1.10 bits per heavy atom. The van der Waals surface area contributed by atoms with Gasteiger partial charge in [0.05, 0.1) is 19.5 Å². The topological polar surface area (TPSA) is 54.4 Å². The van der Waals surface area contributed by atoms with Gasteiger partial charge in [0.15, 0.2) is 0 Å². The van der Waals surface area contributed by atoms with Gasteiger partial charge in [-0.25, -0.2) is 4.79 Å². The van der Waals surface area contributed by atoms with Gasteiger partial charge < -0.3 is 5.11 Å². The number of nitrogens with zero attached hydrogens (tertiary/aromatic N) is 1. The average molecular weight is 286 g/mol. The van der Waals surface area contributed by atoms with Crippen molar-refractivity contribution in [3.8, 4) is 0 Å². The van der Waals surface area contributed by atoms with Crippen LogP contribution >= 0.6 is 0 Å². The van der Waals surface area contributed by atoms with Crippen LogP contribution in [0.15, 0.2) is 29.8 Å². The molecule has 3 rings (SSSR count). The van der Waals surface area contributed by atoms with E-state index in [0.717, 1.165) is 36.8 Å². The molecule has 21 heavy (non-hydrogen) atoms. The third kappa shape index (κ3) is 2.51. The fourth-order valence-corrected chi connectivity index (χ4v) is 3.41. The first-order valence-electron chi connectivity index (χ1n) is 7.53. The van der Waals surface area contributed by atoms with Crippen molar-refractivity contribution in [2.45, 2.75) is 32.1 Å². The summed E-state index contributed by atoms with van der Waals surface area (Å²) in [6.45, 7) is 0.878. The van der Waals surface area contributed by atoms with E-state index in [1.807, 2.05) is 24.3 Å². The Labute approximate surface area is 124 Å². The molecule has 4 nitrogen and oxygen atoms in total. The molecular formula is C17H20NO3+. The molecule has 1 aliphatic carbocycles. The van der Waals surface area contributed by atoms with E-state index < -0.39 is 6.09 Å². The van der Waals surface area contributed by atoms with Crippen LogP contribution in [-0.4, -0.2) is 34.7 Å². The molecule has 2 aliphatic rings. The van der Waals surface area contributed by atoms with E-state index in [0.29, 0.717) is 13.1 Å². The number of carbonyl (C=O) groups is 2. The van der Waals surface area contributed by atoms with Gasteiger partial charge in [-0.1, -0.05) is 35.9 Å². The van der Waals surface area contributed by atoms with Gasteiger partial charge in [-0.2, -0.15) is 9.28 Å². The average Bonchev–Trinajstić information content (AvgIpc) is 2.89. The lowest BCUT2D eigenvalue weighted by Gasteiger charge is -2.33. The predicted octanol–water partition coefficient (Wildman–Crippen LogP) is 3.22. The van der Waals surface area contributed by atoms with E-state index in [9.17, 15) is 14.7 Å². The number of hydrogen-bond acceptors (Lipinski definition) is 2. The van der Waals surface area contributed by atoms with Crippen LogP contribution in [-0.2, 0) is 11.2 Å². The number of carboxylic acid groups (broad SMARTS) is 1. The van der Waals surface area contributed by atoms with Crippen molar-refractivity contribution in [2.75, 3.05) is 13.1 Å². The molecule has 1 aromatic carbocycles. The van der Waals surface area contributed by atoms with Crippen LogP contribution in [0.3, 0.4) is 0 Å². The highest BCUT2D eigenvalue weighted by Crippen LogP contribution is 2.29. The maximum Gasteiger partial charge on any atom is 0.521 e. The zero-order valence-corrected chi connectivity index (χ0v) is 12.0. The fraction of sp³-hybridized carbons (Fsp3) is 0.412. The van der Waals surface area contributed by atoms with E-state index in [4.69, 9.17) is 0 Å². The second kappa shape index (κ2) is 5.45. The summed E-state index contributed by atoms with van der Waals surface area (Å²) >= 11 is 0. The van der Waals surface area contributed by atoms with E-state index >= 15 is 0 Å². The van der Waals surface area contributed by atoms with Gasteiger partial charge in [0.25, 0.3) is 0 Å². The van der Waals surface area contributed by atoms with Crippen LogP contribution in [0.25, 0.3) is 6.08 Å². The molecule has 110 valence electrons. The Bertz CT molecular complexity index is 612. The maximum absolute atomic E-state index is 12.6. The monoisotopic (exact) mass is 286 g/mol. The van der Waals surface area contributed by atoms with Crippen LogP contribution < -0.4 is 0 Å². The van der Waals surface area contributed by atoms with Crippen LogP contribution in [0.4, 0.5) is 4.79 Å². The number of likely N-dealkylation sites (tertiary alicyclic amines) is 1. The van der Waals surface area contributed by atoms with Gasteiger partial charge in [-0.15, -0.1) is 0 Å². The molecule has 0 saturated carbocycles. The number of fused-ring (bicyclic) bond motifs is 1. The lowest BCUT2D eigenvalue weighted by molar-refractivity contribution is -0.787. The van der Waals surface area contributed by atoms with Gasteiger partial charge in [-0.05, 0) is 36.8 Å². The number of carbonyl (C=O) groups excluding carboxylic acids is 1. The maximum atomic E-state index is 12.6. The Morgan fingerprint density at radius 3 is 2.48 bits per heavy atom. The Kier molecular flexibility index (Phi) is 3.64. The number of amides is 2. The number of hydrogen-bond donors (Lipinski definition) is 1. The van der Waals surface area contributed by atoms with Crippen molar-refractivity contribution in [1.29, 1.82) is 0 Å². The molecule has 0 aromatic heterocycles. The van der Waals surface area contributed by atoms with Crippen LogP contribution in [0.5, 0.6) is 0 Å². The van der Waals surface area contributed by atoms with Crippen LogP contribution in [0.2, 0.25) is 0 Å². The summed E-state index contributed by atoms with van der Waals surface area (Å²) in [6.07, 6.45) is 4.72. The molecule has 0 spiro atoms. The predicted molar refractivity (Wildman–Crippen MR) is 79.6 cm³/mol. The Morgan fingerprint density at radius 2 is 1.81 bits per heavy atom. The van der Waals surface area contributed by atoms with Crippen LogP contribution in [0.1, 0.15) is 36.8 Å². The number of quaternary nitrogens is 1. The van der Waals surface area contributed by atoms with Crippen molar-refractivity contribution < 1.29 is 19.2 Å². The second-order valence-corrected chi connectivity index (χ2v) is 6.01. The molecule has 2 amide bonds. The van der Waals surface area contributed by atoms with Crippen molar-refractivity contribution >= 4 is 18.1 Å². The zero-order valence-electron chi connectivity index (χ0n) is 12.0. The van der Waals surface area contributed by atoms with Gasteiger partial charge >= 0.3 is 12.0 Å². The first-order chi connectivity index (χ1) is 10.1. The molecular weight excluding hydrogens is 266 g/mol. The number of benzene rings is 1. The van der Waals surface area contributed by atoms with Crippen molar-refractivity contribution in [2.24, 2.45) is 0 Å². The molecule has 1 fully saturated rings. The smallest absolute Gasteiger partial charge is 0.435 e. The van der Waals surface area contributed by atoms with Crippen molar-refractivity contribution in [1.82, 2.24) is 0 Å². The minimum atomic E-state index is -0.990. The highest BCUT2D eigenvalue weighted by atomic mass is 16.4. The quantitative estimate of drug-likeness (QED) is 0.849. The highest BCUT2D eigenvalue weighted by molar-refractivity contribution is 5.84. The molecule has 1 N–H and O–H groups in total. The molecule has 0 unspecified atom stereocenters. The SMILES string of the molecule is O=C(O)[N+]1(C(=O)CC2=Cc3ccccc3C2)CCCCC1. The van der Waals surface area contributed by atoms with E-state index in [1.54, 1.807) is 0 Å². The molecule has 1 aliphatic heterocycles. The normalized spacial score (nSPS) is 19.7. The summed E-state index contributed by atoms with van der Waals surface area (Å²) in [5.74, 6) is -0.166. The first-order valence-corrected chi connectivity index (χ1v) is 7.53. The van der Waals surface area contributed by atoms with Gasteiger partial charge in [0.2, 0.25) is 0 Å².